The Morgan fingerprint density at radius 3 is 2.65 bits per heavy atom. The molecule has 8 heteroatoms. The third-order valence-electron chi connectivity index (χ3n) is 5.03. The van der Waals surface area contributed by atoms with Gasteiger partial charge in [-0.1, -0.05) is 0 Å². The minimum Gasteiger partial charge on any atom is -0.353 e. The number of rotatable bonds is 3. The second kappa shape index (κ2) is 6.37. The van der Waals surface area contributed by atoms with Gasteiger partial charge in [0.05, 0.1) is 10.5 Å². The van der Waals surface area contributed by atoms with Crippen molar-refractivity contribution < 1.29 is 9.72 Å². The Bertz CT molecular complexity index is 875. The predicted octanol–water partition coefficient (Wildman–Crippen LogP) is 3.28. The zero-order chi connectivity index (χ0) is 18.4. The van der Waals surface area contributed by atoms with E-state index in [9.17, 15) is 14.9 Å². The molecule has 2 aliphatic heterocycles. The highest BCUT2D eigenvalue weighted by Crippen LogP contribution is 2.41. The summed E-state index contributed by atoms with van der Waals surface area (Å²) in [4.78, 5) is 26.8. The van der Waals surface area contributed by atoms with Crippen LogP contribution in [0.5, 0.6) is 0 Å². The fraction of sp³-hybridized carbons (Fsp3) is 0.389. The molecule has 0 bridgehead atoms. The standard InChI is InChI=1S/C18H20N4O3S/c1-10(2)21-8-7-13-14(9-21)26-18-15(13)17(23)19-16(20-18)11-3-5-12(6-4-11)22(24)25/h3-6,10,16,20H,7-9H2,1-2H3,(H,19,23)/t16-/m0/s1. The van der Waals surface area contributed by atoms with Gasteiger partial charge >= 0.3 is 0 Å². The minimum absolute atomic E-state index is 0.0388. The molecule has 1 amide bonds. The Morgan fingerprint density at radius 2 is 2.00 bits per heavy atom. The first-order chi connectivity index (χ1) is 12.4. The van der Waals surface area contributed by atoms with Gasteiger partial charge in [-0.2, -0.15) is 0 Å². The van der Waals surface area contributed by atoms with Crippen LogP contribution in [0, 0.1) is 10.1 Å². The van der Waals surface area contributed by atoms with E-state index in [0.717, 1.165) is 41.2 Å². The van der Waals surface area contributed by atoms with Gasteiger partial charge in [0.1, 0.15) is 11.2 Å². The Labute approximate surface area is 155 Å². The van der Waals surface area contributed by atoms with E-state index >= 15 is 0 Å². The lowest BCUT2D eigenvalue weighted by atomic mass is 9.99. The highest BCUT2D eigenvalue weighted by atomic mass is 32.1. The number of carbonyl (C=O) groups is 1. The molecule has 2 aliphatic rings. The van der Waals surface area contributed by atoms with Crippen LogP contribution in [0.15, 0.2) is 24.3 Å². The molecule has 1 aromatic heterocycles. The van der Waals surface area contributed by atoms with E-state index in [1.807, 2.05) is 0 Å². The summed E-state index contributed by atoms with van der Waals surface area (Å²) in [5.41, 5.74) is 2.77. The zero-order valence-corrected chi connectivity index (χ0v) is 15.4. The van der Waals surface area contributed by atoms with Gasteiger partial charge in [0.25, 0.3) is 11.6 Å². The Morgan fingerprint density at radius 1 is 1.27 bits per heavy atom. The van der Waals surface area contributed by atoms with E-state index in [4.69, 9.17) is 0 Å². The number of nitrogens with zero attached hydrogens (tertiary/aromatic N) is 2. The number of hydrogen-bond acceptors (Lipinski definition) is 6. The molecular formula is C18H20N4O3S. The molecular weight excluding hydrogens is 352 g/mol. The summed E-state index contributed by atoms with van der Waals surface area (Å²) in [6.45, 7) is 6.22. The Kier molecular flexibility index (Phi) is 4.16. The third kappa shape index (κ3) is 2.85. The van der Waals surface area contributed by atoms with Crippen LogP contribution in [0.25, 0.3) is 0 Å². The molecule has 26 heavy (non-hydrogen) atoms. The second-order valence-electron chi connectivity index (χ2n) is 6.92. The molecule has 136 valence electrons. The van der Waals surface area contributed by atoms with Gasteiger partial charge in [-0.05, 0) is 43.5 Å². The summed E-state index contributed by atoms with van der Waals surface area (Å²) in [5.74, 6) is -0.0717. The fourth-order valence-electron chi connectivity index (χ4n) is 3.53. The largest absolute Gasteiger partial charge is 0.353 e. The first-order valence-corrected chi connectivity index (χ1v) is 9.46. The van der Waals surface area contributed by atoms with Crippen molar-refractivity contribution in [3.8, 4) is 0 Å². The molecule has 0 aliphatic carbocycles. The number of non-ortho nitro benzene ring substituents is 1. The average molecular weight is 372 g/mol. The van der Waals surface area contributed by atoms with Crippen molar-refractivity contribution in [2.75, 3.05) is 11.9 Å². The van der Waals surface area contributed by atoms with Crippen LogP contribution in [0.1, 0.15) is 46.4 Å². The molecule has 1 atom stereocenters. The molecule has 0 unspecified atom stereocenters. The van der Waals surface area contributed by atoms with Gasteiger partial charge in [-0.15, -0.1) is 11.3 Å². The summed E-state index contributed by atoms with van der Waals surface area (Å²) in [6, 6.07) is 6.75. The number of nitro benzene ring substituents is 1. The van der Waals surface area contributed by atoms with Crippen molar-refractivity contribution in [3.63, 3.8) is 0 Å². The van der Waals surface area contributed by atoms with Crippen molar-refractivity contribution in [1.82, 2.24) is 10.2 Å². The van der Waals surface area contributed by atoms with Crippen molar-refractivity contribution in [1.29, 1.82) is 0 Å². The van der Waals surface area contributed by atoms with Crippen LogP contribution in [-0.2, 0) is 13.0 Å². The summed E-state index contributed by atoms with van der Waals surface area (Å²) in [7, 11) is 0. The Hall–Kier alpha value is -2.45. The topological polar surface area (TPSA) is 87.5 Å². The van der Waals surface area contributed by atoms with Crippen LogP contribution in [-0.4, -0.2) is 28.3 Å². The molecule has 4 rings (SSSR count). The number of nitro groups is 1. The van der Waals surface area contributed by atoms with Gasteiger partial charge in [0, 0.05) is 36.1 Å². The van der Waals surface area contributed by atoms with Crippen LogP contribution in [0.2, 0.25) is 0 Å². The number of nitrogens with one attached hydrogen (secondary N) is 2. The third-order valence-corrected chi connectivity index (χ3v) is 6.18. The van der Waals surface area contributed by atoms with E-state index in [-0.39, 0.29) is 17.8 Å². The van der Waals surface area contributed by atoms with Crippen LogP contribution in [0.3, 0.4) is 0 Å². The van der Waals surface area contributed by atoms with Crippen molar-refractivity contribution in [2.45, 2.75) is 39.0 Å². The number of benzene rings is 1. The van der Waals surface area contributed by atoms with E-state index in [2.05, 4.69) is 29.4 Å². The first-order valence-electron chi connectivity index (χ1n) is 8.64. The minimum atomic E-state index is -0.428. The predicted molar refractivity (Wildman–Crippen MR) is 100 cm³/mol. The number of amides is 1. The molecule has 0 fully saturated rings. The molecule has 1 aromatic carbocycles. The average Bonchev–Trinajstić information content (AvgIpc) is 2.99. The molecule has 0 saturated heterocycles. The van der Waals surface area contributed by atoms with E-state index in [0.29, 0.717) is 6.04 Å². The van der Waals surface area contributed by atoms with Crippen molar-refractivity contribution in [3.05, 3.63) is 55.9 Å². The molecule has 2 N–H and O–H groups in total. The lowest BCUT2D eigenvalue weighted by Crippen LogP contribution is -2.39. The maximum Gasteiger partial charge on any atom is 0.269 e. The number of fused-ring (bicyclic) bond motifs is 3. The number of hydrogen-bond donors (Lipinski definition) is 2. The molecule has 2 aromatic rings. The maximum absolute atomic E-state index is 12.7. The molecule has 0 saturated carbocycles. The number of carbonyl (C=O) groups excluding carboxylic acids is 1. The van der Waals surface area contributed by atoms with E-state index in [1.165, 1.54) is 17.0 Å². The summed E-state index contributed by atoms with van der Waals surface area (Å²) >= 11 is 1.65. The van der Waals surface area contributed by atoms with E-state index < -0.39 is 4.92 Å². The van der Waals surface area contributed by atoms with Crippen molar-refractivity contribution >= 4 is 27.9 Å². The maximum atomic E-state index is 12.7. The zero-order valence-electron chi connectivity index (χ0n) is 14.6. The number of thiophene rings is 1. The smallest absolute Gasteiger partial charge is 0.269 e. The van der Waals surface area contributed by atoms with E-state index in [1.54, 1.807) is 23.5 Å². The Balaban J connectivity index is 1.61. The van der Waals surface area contributed by atoms with Gasteiger partial charge in [0.15, 0.2) is 0 Å². The van der Waals surface area contributed by atoms with Crippen LogP contribution in [0.4, 0.5) is 10.7 Å². The van der Waals surface area contributed by atoms with Crippen molar-refractivity contribution in [2.24, 2.45) is 0 Å². The SMILES string of the molecule is CC(C)N1CCc2c(sc3c2C(=O)N[C@H](c2ccc([N+](=O)[O-])cc2)N3)C1. The lowest BCUT2D eigenvalue weighted by molar-refractivity contribution is -0.384. The van der Waals surface area contributed by atoms with Gasteiger partial charge < -0.3 is 10.6 Å². The molecule has 0 spiro atoms. The number of anilines is 1. The summed E-state index contributed by atoms with van der Waals surface area (Å²) in [6.07, 6.45) is 0.508. The monoisotopic (exact) mass is 372 g/mol. The van der Waals surface area contributed by atoms with Gasteiger partial charge in [0.2, 0.25) is 0 Å². The summed E-state index contributed by atoms with van der Waals surface area (Å²) in [5, 5.41) is 18.1. The quantitative estimate of drug-likeness (QED) is 0.638. The van der Waals surface area contributed by atoms with Gasteiger partial charge in [-0.3, -0.25) is 19.8 Å². The summed E-state index contributed by atoms with van der Waals surface area (Å²) < 4.78 is 0. The normalized spacial score (nSPS) is 19.5. The van der Waals surface area contributed by atoms with Crippen LogP contribution < -0.4 is 10.6 Å². The highest BCUT2D eigenvalue weighted by Gasteiger charge is 2.33. The molecule has 7 nitrogen and oxygen atoms in total. The second-order valence-corrected chi connectivity index (χ2v) is 8.03. The van der Waals surface area contributed by atoms with Crippen LogP contribution >= 0.6 is 11.3 Å². The molecule has 0 radical (unpaired) electrons. The highest BCUT2D eigenvalue weighted by molar-refractivity contribution is 7.16. The first kappa shape index (κ1) is 17.0. The lowest BCUT2D eigenvalue weighted by Gasteiger charge is -2.30. The fourth-order valence-corrected chi connectivity index (χ4v) is 4.83. The molecule has 3 heterocycles. The van der Waals surface area contributed by atoms with Gasteiger partial charge in [-0.25, -0.2) is 0 Å².